The fourth-order valence-corrected chi connectivity index (χ4v) is 2.77. The Morgan fingerprint density at radius 3 is 2.60 bits per heavy atom. The summed E-state index contributed by atoms with van der Waals surface area (Å²) in [7, 11) is 0. The average Bonchev–Trinajstić information content (AvgIpc) is 2.46. The molecule has 1 atom stereocenters. The number of unbranched alkanes of at least 4 members (excludes halogenated alkanes) is 3. The Bertz CT molecular complexity index is 312. The first-order valence-electron chi connectivity index (χ1n) is 7.81. The van der Waals surface area contributed by atoms with Gasteiger partial charge in [0.1, 0.15) is 0 Å². The third-order valence-corrected chi connectivity index (χ3v) is 4.23. The van der Waals surface area contributed by atoms with Gasteiger partial charge in [0.15, 0.2) is 0 Å². The van der Waals surface area contributed by atoms with Crippen molar-refractivity contribution in [2.24, 2.45) is 5.41 Å². The second-order valence-electron chi connectivity index (χ2n) is 5.73. The summed E-state index contributed by atoms with van der Waals surface area (Å²) in [6.45, 7) is 4.58. The van der Waals surface area contributed by atoms with Gasteiger partial charge in [-0.3, -0.25) is 9.59 Å². The van der Waals surface area contributed by atoms with Gasteiger partial charge in [0.05, 0.1) is 5.41 Å². The zero-order valence-corrected chi connectivity index (χ0v) is 12.5. The molecular weight excluding hydrogens is 256 g/mol. The fraction of sp³-hybridized carbons (Fsp3) is 0.867. The molecule has 0 aromatic heterocycles. The van der Waals surface area contributed by atoms with Crippen LogP contribution in [-0.4, -0.2) is 36.6 Å². The molecule has 1 unspecified atom stereocenters. The van der Waals surface area contributed by atoms with Gasteiger partial charge in [-0.25, -0.2) is 0 Å². The number of piperidine rings is 1. The third kappa shape index (κ3) is 5.49. The first-order chi connectivity index (χ1) is 9.60. The third-order valence-electron chi connectivity index (χ3n) is 4.23. The van der Waals surface area contributed by atoms with E-state index in [1.807, 2.05) is 0 Å². The van der Waals surface area contributed by atoms with Gasteiger partial charge >= 0.3 is 5.97 Å². The van der Waals surface area contributed by atoms with Crippen LogP contribution in [-0.2, 0) is 9.59 Å². The van der Waals surface area contributed by atoms with Crippen LogP contribution in [0, 0.1) is 5.41 Å². The van der Waals surface area contributed by atoms with E-state index in [4.69, 9.17) is 5.11 Å². The highest BCUT2D eigenvalue weighted by Gasteiger charge is 2.37. The summed E-state index contributed by atoms with van der Waals surface area (Å²) in [4.78, 5) is 22.7. The predicted molar refractivity (Wildman–Crippen MR) is 78.6 cm³/mol. The number of carbonyl (C=O) groups is 2. The Hall–Kier alpha value is -1.10. The number of rotatable bonds is 9. The smallest absolute Gasteiger partial charge is 0.303 e. The number of amides is 1. The number of nitrogens with one attached hydrogen (secondary N) is 2. The van der Waals surface area contributed by atoms with Crippen molar-refractivity contribution in [1.29, 1.82) is 0 Å². The molecule has 1 heterocycles. The van der Waals surface area contributed by atoms with E-state index in [2.05, 4.69) is 17.6 Å². The van der Waals surface area contributed by atoms with Crippen LogP contribution in [0.5, 0.6) is 0 Å². The topological polar surface area (TPSA) is 78.4 Å². The lowest BCUT2D eigenvalue weighted by atomic mass is 9.77. The van der Waals surface area contributed by atoms with Crippen molar-refractivity contribution in [2.45, 2.75) is 58.3 Å². The number of carboxylic acid groups (broad SMARTS) is 1. The first kappa shape index (κ1) is 17.0. The number of aliphatic carboxylic acids is 1. The molecule has 1 aliphatic heterocycles. The van der Waals surface area contributed by atoms with Crippen molar-refractivity contribution in [3.8, 4) is 0 Å². The molecule has 0 bridgehead atoms. The van der Waals surface area contributed by atoms with Gasteiger partial charge in [0.2, 0.25) is 5.91 Å². The lowest BCUT2D eigenvalue weighted by Gasteiger charge is -2.35. The molecule has 5 nitrogen and oxygen atoms in total. The van der Waals surface area contributed by atoms with Crippen molar-refractivity contribution in [1.82, 2.24) is 10.6 Å². The number of carboxylic acids is 1. The van der Waals surface area contributed by atoms with Crippen molar-refractivity contribution >= 4 is 11.9 Å². The number of hydrogen-bond acceptors (Lipinski definition) is 3. The summed E-state index contributed by atoms with van der Waals surface area (Å²) in [5, 5.41) is 14.9. The minimum Gasteiger partial charge on any atom is -0.481 e. The molecule has 3 N–H and O–H groups in total. The second-order valence-corrected chi connectivity index (χ2v) is 5.73. The molecule has 1 aliphatic rings. The minimum atomic E-state index is -0.729. The first-order valence-corrected chi connectivity index (χ1v) is 7.81. The van der Waals surface area contributed by atoms with Gasteiger partial charge < -0.3 is 15.7 Å². The van der Waals surface area contributed by atoms with E-state index in [-0.39, 0.29) is 17.7 Å². The van der Waals surface area contributed by atoms with E-state index in [1.54, 1.807) is 0 Å². The SMILES string of the molecule is CCC1(C(=O)NCCCCCCC(=O)O)CCCNC1. The molecule has 1 rings (SSSR count). The van der Waals surface area contributed by atoms with Crippen LogP contribution in [0.2, 0.25) is 0 Å². The largest absolute Gasteiger partial charge is 0.481 e. The summed E-state index contributed by atoms with van der Waals surface area (Å²) in [6, 6.07) is 0. The van der Waals surface area contributed by atoms with E-state index in [1.165, 1.54) is 0 Å². The van der Waals surface area contributed by atoms with Gasteiger partial charge in [-0.15, -0.1) is 0 Å². The zero-order valence-electron chi connectivity index (χ0n) is 12.5. The monoisotopic (exact) mass is 284 g/mol. The maximum absolute atomic E-state index is 12.3. The second kappa shape index (κ2) is 8.95. The normalized spacial score (nSPS) is 22.4. The standard InChI is InChI=1S/C15H28N2O3/c1-2-15(9-7-10-16-12-15)14(20)17-11-6-4-3-5-8-13(18)19/h16H,2-12H2,1H3,(H,17,20)(H,18,19). The highest BCUT2D eigenvalue weighted by atomic mass is 16.4. The van der Waals surface area contributed by atoms with Crippen molar-refractivity contribution < 1.29 is 14.7 Å². The molecule has 0 saturated carbocycles. The molecule has 1 fully saturated rings. The van der Waals surface area contributed by atoms with E-state index in [0.29, 0.717) is 6.54 Å². The van der Waals surface area contributed by atoms with Crippen molar-refractivity contribution in [3.63, 3.8) is 0 Å². The van der Waals surface area contributed by atoms with Gasteiger partial charge in [-0.2, -0.15) is 0 Å². The fourth-order valence-electron chi connectivity index (χ4n) is 2.77. The van der Waals surface area contributed by atoms with Crippen molar-refractivity contribution in [2.75, 3.05) is 19.6 Å². The van der Waals surface area contributed by atoms with Gasteiger partial charge in [-0.1, -0.05) is 19.8 Å². The van der Waals surface area contributed by atoms with Crippen LogP contribution in [0.25, 0.3) is 0 Å². The molecule has 0 spiro atoms. The molecule has 0 radical (unpaired) electrons. The molecule has 20 heavy (non-hydrogen) atoms. The van der Waals surface area contributed by atoms with Gasteiger partial charge in [-0.05, 0) is 38.6 Å². The average molecular weight is 284 g/mol. The van der Waals surface area contributed by atoms with E-state index in [9.17, 15) is 9.59 Å². The number of carbonyl (C=O) groups excluding carboxylic acids is 1. The molecule has 0 aromatic carbocycles. The summed E-state index contributed by atoms with van der Waals surface area (Å²) >= 11 is 0. The molecule has 0 aliphatic carbocycles. The maximum atomic E-state index is 12.3. The van der Waals surface area contributed by atoms with E-state index in [0.717, 1.165) is 58.0 Å². The van der Waals surface area contributed by atoms with E-state index < -0.39 is 5.97 Å². The quantitative estimate of drug-likeness (QED) is 0.565. The Balaban J connectivity index is 2.14. The zero-order chi connectivity index (χ0) is 14.8. The predicted octanol–water partition coefficient (Wildman–Crippen LogP) is 1.92. The molecular formula is C15H28N2O3. The van der Waals surface area contributed by atoms with Crippen LogP contribution in [0.15, 0.2) is 0 Å². The lowest BCUT2D eigenvalue weighted by Crippen LogP contribution is -2.50. The van der Waals surface area contributed by atoms with Crippen LogP contribution in [0.3, 0.4) is 0 Å². The minimum absolute atomic E-state index is 0.178. The maximum Gasteiger partial charge on any atom is 0.303 e. The van der Waals surface area contributed by atoms with Crippen molar-refractivity contribution in [3.05, 3.63) is 0 Å². The molecule has 116 valence electrons. The Labute approximate surface area is 121 Å². The summed E-state index contributed by atoms with van der Waals surface area (Å²) < 4.78 is 0. The lowest BCUT2D eigenvalue weighted by molar-refractivity contribution is -0.137. The molecule has 0 aromatic rings. The summed E-state index contributed by atoms with van der Waals surface area (Å²) in [5.41, 5.74) is -0.221. The van der Waals surface area contributed by atoms with Gasteiger partial charge in [0, 0.05) is 19.5 Å². The highest BCUT2D eigenvalue weighted by Crippen LogP contribution is 2.30. The van der Waals surface area contributed by atoms with Crippen LogP contribution in [0.1, 0.15) is 58.3 Å². The Morgan fingerprint density at radius 1 is 1.25 bits per heavy atom. The molecule has 5 heteroatoms. The van der Waals surface area contributed by atoms with Crippen LogP contribution < -0.4 is 10.6 Å². The van der Waals surface area contributed by atoms with Crippen LogP contribution >= 0.6 is 0 Å². The van der Waals surface area contributed by atoms with E-state index >= 15 is 0 Å². The van der Waals surface area contributed by atoms with Crippen LogP contribution in [0.4, 0.5) is 0 Å². The summed E-state index contributed by atoms with van der Waals surface area (Å²) in [6.07, 6.45) is 6.72. The van der Waals surface area contributed by atoms with Gasteiger partial charge in [0.25, 0.3) is 0 Å². The summed E-state index contributed by atoms with van der Waals surface area (Å²) in [5.74, 6) is -0.550. The Morgan fingerprint density at radius 2 is 2.00 bits per heavy atom. The Kier molecular flexibility index (Phi) is 7.59. The highest BCUT2D eigenvalue weighted by molar-refractivity contribution is 5.83. The number of hydrogen-bond donors (Lipinski definition) is 3. The molecule has 1 saturated heterocycles. The molecule has 1 amide bonds.